The zero-order valence-electron chi connectivity index (χ0n) is 10.2. The van der Waals surface area contributed by atoms with E-state index in [9.17, 15) is 0 Å². The molecule has 5 nitrogen and oxygen atoms in total. The van der Waals surface area contributed by atoms with Gasteiger partial charge in [-0.2, -0.15) is 9.97 Å². The van der Waals surface area contributed by atoms with Gasteiger partial charge in [-0.1, -0.05) is 0 Å². The molecule has 1 aromatic heterocycles. The van der Waals surface area contributed by atoms with Crippen LogP contribution in [0.4, 0.5) is 5.82 Å². The Morgan fingerprint density at radius 1 is 1.24 bits per heavy atom. The number of hydrogen-bond acceptors (Lipinski definition) is 5. The molecule has 92 valence electrons. The van der Waals surface area contributed by atoms with Crippen molar-refractivity contribution < 1.29 is 4.74 Å². The van der Waals surface area contributed by atoms with Gasteiger partial charge in [0.1, 0.15) is 5.82 Å². The highest BCUT2D eigenvalue weighted by Crippen LogP contribution is 2.28. The van der Waals surface area contributed by atoms with Crippen LogP contribution in [0.15, 0.2) is 0 Å². The summed E-state index contributed by atoms with van der Waals surface area (Å²) in [6.07, 6.45) is 3.55. The summed E-state index contributed by atoms with van der Waals surface area (Å²) in [5.41, 5.74) is 2.41. The Labute approximate surface area is 101 Å². The van der Waals surface area contributed by atoms with Crippen molar-refractivity contribution in [3.8, 4) is 6.01 Å². The molecule has 0 bridgehead atoms. The second-order valence-electron chi connectivity index (χ2n) is 4.58. The van der Waals surface area contributed by atoms with Gasteiger partial charge in [0.2, 0.25) is 0 Å². The van der Waals surface area contributed by atoms with Gasteiger partial charge in [-0.05, 0) is 25.8 Å². The number of nitrogens with zero attached hydrogens (tertiary/aromatic N) is 3. The number of methoxy groups -OCH3 is 1. The highest BCUT2D eigenvalue weighted by molar-refractivity contribution is 5.51. The van der Waals surface area contributed by atoms with Gasteiger partial charge < -0.3 is 15.0 Å². The number of nitrogens with one attached hydrogen (secondary N) is 1. The summed E-state index contributed by atoms with van der Waals surface area (Å²) < 4.78 is 5.20. The molecule has 1 aromatic rings. The van der Waals surface area contributed by atoms with E-state index in [1.807, 2.05) is 0 Å². The van der Waals surface area contributed by atoms with Crippen molar-refractivity contribution in [1.82, 2.24) is 15.3 Å². The lowest BCUT2D eigenvalue weighted by Gasteiger charge is -2.25. The smallest absolute Gasteiger partial charge is 0.318 e. The molecule has 0 saturated carbocycles. The summed E-state index contributed by atoms with van der Waals surface area (Å²) in [6, 6.07) is 0.495. The monoisotopic (exact) mass is 234 g/mol. The van der Waals surface area contributed by atoms with Crippen molar-refractivity contribution in [1.29, 1.82) is 0 Å². The van der Waals surface area contributed by atoms with Gasteiger partial charge in [-0.15, -0.1) is 0 Å². The van der Waals surface area contributed by atoms with Crippen molar-refractivity contribution in [3.05, 3.63) is 11.3 Å². The first kappa shape index (κ1) is 10.8. The second-order valence-corrected chi connectivity index (χ2v) is 4.58. The maximum Gasteiger partial charge on any atom is 0.318 e. The standard InChI is InChI=1S/C12H18N4O/c1-17-12-14-10-8-13-5-4-9(10)11(15-12)16-6-2-3-7-16/h13H,2-8H2,1H3. The highest BCUT2D eigenvalue weighted by Gasteiger charge is 2.23. The van der Waals surface area contributed by atoms with Gasteiger partial charge in [-0.3, -0.25) is 0 Å². The molecule has 17 heavy (non-hydrogen) atoms. The first-order valence-corrected chi connectivity index (χ1v) is 6.28. The van der Waals surface area contributed by atoms with E-state index in [4.69, 9.17) is 4.74 Å². The van der Waals surface area contributed by atoms with Crippen LogP contribution in [-0.2, 0) is 13.0 Å². The van der Waals surface area contributed by atoms with Crippen LogP contribution in [0.5, 0.6) is 6.01 Å². The Bertz CT molecular complexity index is 415. The van der Waals surface area contributed by atoms with Crippen LogP contribution in [0, 0.1) is 0 Å². The summed E-state index contributed by atoms with van der Waals surface area (Å²) in [6.45, 7) is 4.07. The van der Waals surface area contributed by atoms with E-state index in [-0.39, 0.29) is 0 Å². The topological polar surface area (TPSA) is 50.3 Å². The third-order valence-corrected chi connectivity index (χ3v) is 3.48. The SMILES string of the molecule is COc1nc2c(c(N3CCCC3)n1)CCNC2. The van der Waals surface area contributed by atoms with Gasteiger partial charge in [0.05, 0.1) is 12.8 Å². The van der Waals surface area contributed by atoms with Crippen LogP contribution in [0.2, 0.25) is 0 Å². The zero-order valence-corrected chi connectivity index (χ0v) is 10.2. The summed E-state index contributed by atoms with van der Waals surface area (Å²) >= 11 is 0. The van der Waals surface area contributed by atoms with E-state index < -0.39 is 0 Å². The number of rotatable bonds is 2. The molecule has 0 aromatic carbocycles. The van der Waals surface area contributed by atoms with Gasteiger partial charge in [-0.25, -0.2) is 0 Å². The minimum atomic E-state index is 0.495. The Hall–Kier alpha value is -1.36. The van der Waals surface area contributed by atoms with Crippen molar-refractivity contribution in [2.24, 2.45) is 0 Å². The molecule has 3 heterocycles. The summed E-state index contributed by atoms with van der Waals surface area (Å²) in [4.78, 5) is 11.4. The summed E-state index contributed by atoms with van der Waals surface area (Å²) in [7, 11) is 1.63. The lowest BCUT2D eigenvalue weighted by atomic mass is 10.1. The van der Waals surface area contributed by atoms with Gasteiger partial charge in [0.25, 0.3) is 0 Å². The van der Waals surface area contributed by atoms with Gasteiger partial charge in [0, 0.05) is 25.2 Å². The van der Waals surface area contributed by atoms with Crippen LogP contribution >= 0.6 is 0 Å². The van der Waals surface area contributed by atoms with Crippen molar-refractivity contribution in [2.45, 2.75) is 25.8 Å². The van der Waals surface area contributed by atoms with Gasteiger partial charge in [0.15, 0.2) is 0 Å². The van der Waals surface area contributed by atoms with E-state index in [0.29, 0.717) is 6.01 Å². The number of anilines is 1. The molecule has 0 atom stereocenters. The van der Waals surface area contributed by atoms with Crippen LogP contribution in [0.1, 0.15) is 24.1 Å². The molecule has 0 spiro atoms. The van der Waals surface area contributed by atoms with Crippen molar-refractivity contribution >= 4 is 5.82 Å². The fourth-order valence-corrected chi connectivity index (χ4v) is 2.60. The van der Waals surface area contributed by atoms with Crippen molar-refractivity contribution in [3.63, 3.8) is 0 Å². The Morgan fingerprint density at radius 2 is 2.06 bits per heavy atom. The van der Waals surface area contributed by atoms with Gasteiger partial charge >= 0.3 is 6.01 Å². The lowest BCUT2D eigenvalue weighted by molar-refractivity contribution is 0.375. The second kappa shape index (κ2) is 4.49. The maximum atomic E-state index is 5.20. The average Bonchev–Trinajstić information content (AvgIpc) is 2.91. The molecule has 2 aliphatic rings. The Balaban J connectivity index is 2.04. The Morgan fingerprint density at radius 3 is 2.82 bits per heavy atom. The predicted molar refractivity (Wildman–Crippen MR) is 65.4 cm³/mol. The van der Waals surface area contributed by atoms with Crippen LogP contribution < -0.4 is 15.0 Å². The third-order valence-electron chi connectivity index (χ3n) is 3.48. The van der Waals surface area contributed by atoms with E-state index in [0.717, 1.165) is 44.1 Å². The fraction of sp³-hybridized carbons (Fsp3) is 0.667. The minimum Gasteiger partial charge on any atom is -0.467 e. The van der Waals surface area contributed by atoms with Crippen LogP contribution in [-0.4, -0.2) is 36.7 Å². The Kier molecular flexibility index (Phi) is 2.84. The first-order valence-electron chi connectivity index (χ1n) is 6.28. The predicted octanol–water partition coefficient (Wildman–Crippen LogP) is 0.731. The van der Waals surface area contributed by atoms with Crippen LogP contribution in [0.25, 0.3) is 0 Å². The molecular formula is C12H18N4O. The van der Waals surface area contributed by atoms with E-state index >= 15 is 0 Å². The molecule has 1 fully saturated rings. The number of ether oxygens (including phenoxy) is 1. The number of fused-ring (bicyclic) bond motifs is 1. The molecule has 1 N–H and O–H groups in total. The fourth-order valence-electron chi connectivity index (χ4n) is 2.60. The van der Waals surface area contributed by atoms with E-state index in [1.54, 1.807) is 7.11 Å². The molecule has 0 radical (unpaired) electrons. The lowest BCUT2D eigenvalue weighted by Crippen LogP contribution is -2.29. The molecule has 1 saturated heterocycles. The molecular weight excluding hydrogens is 216 g/mol. The molecule has 0 aliphatic carbocycles. The van der Waals surface area contributed by atoms with Crippen molar-refractivity contribution in [2.75, 3.05) is 31.6 Å². The molecule has 2 aliphatic heterocycles. The molecule has 0 unspecified atom stereocenters. The maximum absolute atomic E-state index is 5.20. The molecule has 3 rings (SSSR count). The number of hydrogen-bond donors (Lipinski definition) is 1. The largest absolute Gasteiger partial charge is 0.467 e. The number of aromatic nitrogens is 2. The van der Waals surface area contributed by atoms with Crippen LogP contribution in [0.3, 0.4) is 0 Å². The highest BCUT2D eigenvalue weighted by atomic mass is 16.5. The molecule has 0 amide bonds. The first-order chi connectivity index (χ1) is 8.38. The minimum absolute atomic E-state index is 0.495. The third kappa shape index (κ3) is 1.95. The summed E-state index contributed by atoms with van der Waals surface area (Å²) in [5, 5.41) is 3.35. The van der Waals surface area contributed by atoms with E-state index in [1.165, 1.54) is 18.4 Å². The average molecular weight is 234 g/mol. The zero-order chi connectivity index (χ0) is 11.7. The normalized spacial score (nSPS) is 19.2. The quantitative estimate of drug-likeness (QED) is 0.817. The summed E-state index contributed by atoms with van der Waals surface area (Å²) in [5.74, 6) is 1.10. The molecule has 5 heteroatoms. The van der Waals surface area contributed by atoms with E-state index in [2.05, 4.69) is 20.2 Å².